The lowest BCUT2D eigenvalue weighted by Crippen LogP contribution is -2.31. The van der Waals surface area contributed by atoms with E-state index in [1.807, 2.05) is 6.07 Å². The number of allylic oxidation sites excluding steroid dienone is 3. The van der Waals surface area contributed by atoms with Gasteiger partial charge in [-0.25, -0.2) is 17.5 Å². The van der Waals surface area contributed by atoms with Gasteiger partial charge in [0.2, 0.25) is 0 Å². The van der Waals surface area contributed by atoms with Gasteiger partial charge >= 0.3 is 0 Å². The molecule has 2 aromatic carbocycles. The van der Waals surface area contributed by atoms with Crippen molar-refractivity contribution in [3.8, 4) is 0 Å². The van der Waals surface area contributed by atoms with Gasteiger partial charge in [-0.2, -0.15) is 0 Å². The minimum absolute atomic E-state index is 0.0327. The van der Waals surface area contributed by atoms with Crippen LogP contribution in [-0.4, -0.2) is 20.5 Å². The molecule has 0 bridgehead atoms. The highest BCUT2D eigenvalue weighted by Crippen LogP contribution is 2.29. The third-order valence-corrected chi connectivity index (χ3v) is 8.10. The van der Waals surface area contributed by atoms with Crippen molar-refractivity contribution in [3.63, 3.8) is 0 Å². The van der Waals surface area contributed by atoms with Crippen LogP contribution in [0.3, 0.4) is 0 Å². The highest BCUT2D eigenvalue weighted by atomic mass is 35.5. The van der Waals surface area contributed by atoms with Gasteiger partial charge in [0.05, 0.1) is 5.02 Å². The first kappa shape index (κ1) is 25.6. The van der Waals surface area contributed by atoms with Crippen molar-refractivity contribution in [2.45, 2.75) is 37.5 Å². The molecule has 3 unspecified atom stereocenters. The third-order valence-electron chi connectivity index (χ3n) is 6.07. The Morgan fingerprint density at radius 3 is 2.69 bits per heavy atom. The zero-order valence-electron chi connectivity index (χ0n) is 19.0. The van der Waals surface area contributed by atoms with Crippen LogP contribution in [-0.2, 0) is 27.7 Å². The smallest absolute Gasteiger partial charge is 0.266 e. The summed E-state index contributed by atoms with van der Waals surface area (Å²) in [6.07, 6.45) is 10.5. The van der Waals surface area contributed by atoms with E-state index in [1.165, 1.54) is 30.5 Å². The van der Waals surface area contributed by atoms with Crippen molar-refractivity contribution in [3.05, 3.63) is 87.3 Å². The first-order chi connectivity index (χ1) is 16.6. The minimum atomic E-state index is -4.22. The number of benzene rings is 2. The Morgan fingerprint density at radius 1 is 1.14 bits per heavy atom. The minimum Gasteiger partial charge on any atom is -0.266 e. The van der Waals surface area contributed by atoms with Crippen LogP contribution in [0, 0.1) is 23.6 Å². The maximum atomic E-state index is 13.6. The summed E-state index contributed by atoms with van der Waals surface area (Å²) >= 11 is 12.1. The lowest BCUT2D eigenvalue weighted by molar-refractivity contribution is -0.115. The molecule has 1 aliphatic carbocycles. The fourth-order valence-corrected chi connectivity index (χ4v) is 6.23. The standard InChI is InChI=1S/C26H25Cl2FN2O3S/c1-16-3-2-4-17(7-16)8-18-5-6-23(28)25(13-18)35(33,34)31-26(32)24-12-20(15-30-24)9-19-10-21(27)14-22(29)11-19/h2,4-6,10-17,20H,3,7-9H2,1H3,(H,31,32). The van der Waals surface area contributed by atoms with Crippen molar-refractivity contribution >= 4 is 45.3 Å². The average Bonchev–Trinajstić information content (AvgIpc) is 3.23. The van der Waals surface area contributed by atoms with Gasteiger partial charge in [0, 0.05) is 17.2 Å². The van der Waals surface area contributed by atoms with Gasteiger partial charge in [-0.15, -0.1) is 0 Å². The van der Waals surface area contributed by atoms with Crippen molar-refractivity contribution in [1.29, 1.82) is 0 Å². The van der Waals surface area contributed by atoms with Crippen LogP contribution >= 0.6 is 23.2 Å². The van der Waals surface area contributed by atoms with Gasteiger partial charge in [0.1, 0.15) is 16.4 Å². The number of nitrogens with zero attached hydrogens (tertiary/aromatic N) is 1. The molecule has 2 aromatic rings. The predicted molar refractivity (Wildman–Crippen MR) is 137 cm³/mol. The van der Waals surface area contributed by atoms with E-state index in [0.717, 1.165) is 18.4 Å². The van der Waals surface area contributed by atoms with Crippen LogP contribution in [0.1, 0.15) is 30.9 Å². The lowest BCUT2D eigenvalue weighted by Gasteiger charge is -2.22. The second kappa shape index (κ2) is 10.6. The summed E-state index contributed by atoms with van der Waals surface area (Å²) in [5, 5.41) is 0.308. The molecule has 0 fully saturated rings. The fraction of sp³-hybridized carbons (Fsp3) is 0.308. The summed E-state index contributed by atoms with van der Waals surface area (Å²) in [6.45, 7) is 2.20. The Balaban J connectivity index is 1.45. The molecule has 0 radical (unpaired) electrons. The Morgan fingerprint density at radius 2 is 1.94 bits per heavy atom. The average molecular weight is 535 g/mol. The number of hydrogen-bond donors (Lipinski definition) is 1. The largest absolute Gasteiger partial charge is 0.283 e. The van der Waals surface area contributed by atoms with Gasteiger partial charge in [0.15, 0.2) is 0 Å². The van der Waals surface area contributed by atoms with Crippen LogP contribution in [0.25, 0.3) is 0 Å². The van der Waals surface area contributed by atoms with Gasteiger partial charge in [0.25, 0.3) is 15.9 Å². The molecule has 184 valence electrons. The molecular formula is C26H25Cl2FN2O3S. The molecular weight excluding hydrogens is 510 g/mol. The number of sulfonamides is 1. The lowest BCUT2D eigenvalue weighted by atomic mass is 9.84. The topological polar surface area (TPSA) is 75.6 Å². The molecule has 9 heteroatoms. The van der Waals surface area contributed by atoms with E-state index in [9.17, 15) is 17.6 Å². The maximum Gasteiger partial charge on any atom is 0.283 e. The first-order valence-electron chi connectivity index (χ1n) is 11.3. The molecule has 0 saturated carbocycles. The second-order valence-electron chi connectivity index (χ2n) is 9.14. The van der Waals surface area contributed by atoms with Gasteiger partial charge < -0.3 is 0 Å². The number of amides is 1. The molecule has 0 spiro atoms. The fourth-order valence-electron chi connectivity index (χ4n) is 4.47. The summed E-state index contributed by atoms with van der Waals surface area (Å²) in [5.41, 5.74) is 1.44. The van der Waals surface area contributed by atoms with Gasteiger partial charge in [-0.05, 0) is 85.1 Å². The van der Waals surface area contributed by atoms with Gasteiger partial charge in [-0.3, -0.25) is 9.79 Å². The van der Waals surface area contributed by atoms with E-state index in [2.05, 4.69) is 28.8 Å². The highest BCUT2D eigenvalue weighted by Gasteiger charge is 2.26. The Bertz CT molecular complexity index is 1320. The van der Waals surface area contributed by atoms with E-state index in [1.54, 1.807) is 12.1 Å². The predicted octanol–water partition coefficient (Wildman–Crippen LogP) is 5.91. The van der Waals surface area contributed by atoms with Crippen LogP contribution in [0.4, 0.5) is 4.39 Å². The summed E-state index contributed by atoms with van der Waals surface area (Å²) in [6, 6.07) is 9.07. The molecule has 3 atom stereocenters. The van der Waals surface area contributed by atoms with Crippen LogP contribution in [0.5, 0.6) is 0 Å². The number of rotatable bonds is 7. The Kier molecular flexibility index (Phi) is 7.79. The zero-order valence-corrected chi connectivity index (χ0v) is 21.4. The SMILES string of the molecule is CC1CC=CC(Cc2ccc(Cl)c(S(=O)(=O)NC(=O)C3=CC(Cc4cc(F)cc(Cl)c4)C=N3)c2)C1. The van der Waals surface area contributed by atoms with E-state index in [4.69, 9.17) is 23.2 Å². The summed E-state index contributed by atoms with van der Waals surface area (Å²) in [4.78, 5) is 16.6. The summed E-state index contributed by atoms with van der Waals surface area (Å²) in [5.74, 6) is -0.695. The first-order valence-corrected chi connectivity index (χ1v) is 13.6. The van der Waals surface area contributed by atoms with Crippen molar-refractivity contribution < 1.29 is 17.6 Å². The normalized spacial score (nSPS) is 21.7. The summed E-state index contributed by atoms with van der Waals surface area (Å²) < 4.78 is 41.6. The van der Waals surface area contributed by atoms with E-state index in [0.29, 0.717) is 30.2 Å². The zero-order chi connectivity index (χ0) is 25.2. The van der Waals surface area contributed by atoms with E-state index in [-0.39, 0.29) is 26.6 Å². The van der Waals surface area contributed by atoms with Crippen LogP contribution < -0.4 is 4.72 Å². The molecule has 0 saturated heterocycles. The van der Waals surface area contributed by atoms with Crippen molar-refractivity contribution in [1.82, 2.24) is 4.72 Å². The molecule has 1 heterocycles. The Labute approximate surface area is 214 Å². The second-order valence-corrected chi connectivity index (χ2v) is 11.6. The van der Waals surface area contributed by atoms with E-state index < -0.39 is 21.7 Å². The van der Waals surface area contributed by atoms with E-state index >= 15 is 0 Å². The number of halogens is 3. The quantitative estimate of drug-likeness (QED) is 0.448. The van der Waals surface area contributed by atoms with Crippen molar-refractivity contribution in [2.75, 3.05) is 0 Å². The molecule has 1 aliphatic heterocycles. The molecule has 35 heavy (non-hydrogen) atoms. The molecule has 2 aliphatic rings. The molecule has 4 rings (SSSR count). The number of carbonyl (C=O) groups excluding carboxylic acids is 1. The third kappa shape index (κ3) is 6.60. The number of carbonyl (C=O) groups is 1. The number of hydrogen-bond acceptors (Lipinski definition) is 4. The monoisotopic (exact) mass is 534 g/mol. The molecule has 1 amide bonds. The molecule has 5 nitrogen and oxygen atoms in total. The Hall–Kier alpha value is -2.48. The van der Waals surface area contributed by atoms with Crippen LogP contribution in [0.2, 0.25) is 10.0 Å². The van der Waals surface area contributed by atoms with Crippen molar-refractivity contribution in [2.24, 2.45) is 22.7 Å². The van der Waals surface area contributed by atoms with Gasteiger partial charge in [-0.1, -0.05) is 48.3 Å². The maximum absolute atomic E-state index is 13.6. The number of nitrogens with one attached hydrogen (secondary N) is 1. The highest BCUT2D eigenvalue weighted by molar-refractivity contribution is 7.90. The molecule has 0 aromatic heterocycles. The number of aliphatic imine (C=N–C) groups is 1. The van der Waals surface area contributed by atoms with Crippen LogP contribution in [0.15, 0.2) is 70.2 Å². The molecule has 1 N–H and O–H groups in total. The summed E-state index contributed by atoms with van der Waals surface area (Å²) in [7, 11) is -4.22.